The van der Waals surface area contributed by atoms with Crippen LogP contribution < -0.4 is 5.32 Å². The van der Waals surface area contributed by atoms with E-state index in [1.54, 1.807) is 37.1 Å². The Kier molecular flexibility index (Phi) is 6.19. The monoisotopic (exact) mass is 446 g/mol. The van der Waals surface area contributed by atoms with Gasteiger partial charge in [0.1, 0.15) is 6.04 Å². The Morgan fingerprint density at radius 2 is 2.18 bits per heavy atom. The average molecular weight is 447 g/mol. The molecule has 0 fully saturated rings. The molecule has 3 rings (SSSR count). The van der Waals surface area contributed by atoms with Crippen molar-refractivity contribution in [1.82, 2.24) is 30.1 Å². The van der Waals surface area contributed by atoms with Crippen LogP contribution in [-0.2, 0) is 16.1 Å². The highest BCUT2D eigenvalue weighted by molar-refractivity contribution is 9.10. The lowest BCUT2D eigenvalue weighted by Gasteiger charge is -2.21. The number of likely N-dealkylation sites (N-methyl/N-ethyl adjacent to an activating group) is 1. The lowest BCUT2D eigenvalue weighted by atomic mass is 10.2. The molecule has 0 saturated carbocycles. The number of benzene rings is 1. The van der Waals surface area contributed by atoms with Crippen LogP contribution >= 0.6 is 15.9 Å². The minimum atomic E-state index is -0.489. The summed E-state index contributed by atoms with van der Waals surface area (Å²) in [6.07, 6.45) is 3.30. The predicted molar refractivity (Wildman–Crippen MR) is 104 cm³/mol. The molecule has 2 heterocycles. The van der Waals surface area contributed by atoms with Crippen molar-refractivity contribution in [2.45, 2.75) is 19.5 Å². The number of hydrogen-bond donors (Lipinski definition) is 1. The second-order valence-electron chi connectivity index (χ2n) is 6.16. The van der Waals surface area contributed by atoms with Crippen LogP contribution in [0.4, 0.5) is 0 Å². The summed E-state index contributed by atoms with van der Waals surface area (Å²) in [6.45, 7) is 1.72. The largest absolute Gasteiger partial charge is 0.345 e. The third-order valence-corrected chi connectivity index (χ3v) is 4.52. The first-order chi connectivity index (χ1) is 13.4. The highest BCUT2D eigenvalue weighted by Gasteiger charge is 2.21. The molecule has 146 valence electrons. The molecule has 9 nitrogen and oxygen atoms in total. The highest BCUT2D eigenvalue weighted by atomic mass is 79.9. The molecule has 0 bridgehead atoms. The molecule has 28 heavy (non-hydrogen) atoms. The Morgan fingerprint density at radius 1 is 1.36 bits per heavy atom. The van der Waals surface area contributed by atoms with Crippen molar-refractivity contribution in [3.63, 3.8) is 0 Å². The van der Waals surface area contributed by atoms with Gasteiger partial charge in [0, 0.05) is 29.5 Å². The zero-order valence-electron chi connectivity index (χ0n) is 15.4. The van der Waals surface area contributed by atoms with Crippen molar-refractivity contribution in [3.8, 4) is 11.4 Å². The van der Waals surface area contributed by atoms with Gasteiger partial charge in [0.2, 0.25) is 23.5 Å². The zero-order valence-corrected chi connectivity index (χ0v) is 17.0. The number of amides is 2. The van der Waals surface area contributed by atoms with Gasteiger partial charge in [0.25, 0.3) is 0 Å². The molecule has 0 aliphatic rings. The number of aromatic nitrogens is 4. The fraction of sp³-hybridized carbons (Fsp3) is 0.278. The zero-order chi connectivity index (χ0) is 20.1. The summed E-state index contributed by atoms with van der Waals surface area (Å²) in [5.74, 6) is 0.174. The standard InChI is InChI=1S/C18H19BrN6O3/c1-12(25-8-4-7-21-25)18(27)24(2)11-15(26)20-10-16-22-17(23-28-16)13-5-3-6-14(19)9-13/h3-9,12H,10-11H2,1-2H3,(H,20,26). The normalized spacial score (nSPS) is 11.8. The van der Waals surface area contributed by atoms with Crippen molar-refractivity contribution < 1.29 is 14.1 Å². The van der Waals surface area contributed by atoms with E-state index in [0.717, 1.165) is 10.0 Å². The van der Waals surface area contributed by atoms with E-state index in [9.17, 15) is 9.59 Å². The van der Waals surface area contributed by atoms with Gasteiger partial charge >= 0.3 is 0 Å². The number of nitrogens with one attached hydrogen (secondary N) is 1. The maximum Gasteiger partial charge on any atom is 0.247 e. The summed E-state index contributed by atoms with van der Waals surface area (Å²) in [7, 11) is 1.57. The first-order valence-electron chi connectivity index (χ1n) is 8.53. The first-order valence-corrected chi connectivity index (χ1v) is 9.32. The second-order valence-corrected chi connectivity index (χ2v) is 7.07. The molecule has 1 unspecified atom stereocenters. The number of nitrogens with zero attached hydrogens (tertiary/aromatic N) is 5. The topological polar surface area (TPSA) is 106 Å². The summed E-state index contributed by atoms with van der Waals surface area (Å²) in [6, 6.07) is 8.75. The molecule has 2 amide bonds. The van der Waals surface area contributed by atoms with Gasteiger partial charge in [0.15, 0.2) is 0 Å². The third kappa shape index (κ3) is 4.83. The summed E-state index contributed by atoms with van der Waals surface area (Å²) in [5.41, 5.74) is 0.800. The maximum absolute atomic E-state index is 12.4. The Labute approximate surface area is 169 Å². The average Bonchev–Trinajstić information content (AvgIpc) is 3.37. The van der Waals surface area contributed by atoms with Gasteiger partial charge in [-0.25, -0.2) is 0 Å². The summed E-state index contributed by atoms with van der Waals surface area (Å²) in [4.78, 5) is 30.1. The van der Waals surface area contributed by atoms with Crippen LogP contribution in [0.1, 0.15) is 18.9 Å². The molecule has 0 saturated heterocycles. The van der Waals surface area contributed by atoms with Gasteiger partial charge in [-0.05, 0) is 25.1 Å². The van der Waals surface area contributed by atoms with Crippen LogP contribution in [0.15, 0.2) is 51.7 Å². The lowest BCUT2D eigenvalue weighted by molar-refractivity contribution is -0.137. The van der Waals surface area contributed by atoms with Crippen LogP contribution in [0.3, 0.4) is 0 Å². The molecule has 3 aromatic rings. The van der Waals surface area contributed by atoms with Crippen LogP contribution in [-0.4, -0.2) is 50.2 Å². The van der Waals surface area contributed by atoms with Crippen molar-refractivity contribution in [3.05, 3.63) is 53.1 Å². The van der Waals surface area contributed by atoms with Gasteiger partial charge < -0.3 is 14.7 Å². The van der Waals surface area contributed by atoms with Gasteiger partial charge in [0.05, 0.1) is 13.1 Å². The van der Waals surface area contributed by atoms with E-state index >= 15 is 0 Å². The van der Waals surface area contributed by atoms with Crippen LogP contribution in [0, 0.1) is 0 Å². The van der Waals surface area contributed by atoms with Crippen molar-refractivity contribution in [2.75, 3.05) is 13.6 Å². The molecule has 0 aliphatic carbocycles. The van der Waals surface area contributed by atoms with Crippen LogP contribution in [0.25, 0.3) is 11.4 Å². The Balaban J connectivity index is 1.51. The predicted octanol–water partition coefficient (Wildman–Crippen LogP) is 2.03. The second kappa shape index (κ2) is 8.79. The molecular formula is C18H19BrN6O3. The van der Waals surface area contributed by atoms with E-state index in [-0.39, 0.29) is 30.8 Å². The molecule has 1 atom stereocenters. The molecule has 0 radical (unpaired) electrons. The van der Waals surface area contributed by atoms with Gasteiger partial charge in [-0.2, -0.15) is 10.1 Å². The molecule has 0 spiro atoms. The Bertz CT molecular complexity index is 956. The van der Waals surface area contributed by atoms with E-state index in [4.69, 9.17) is 4.52 Å². The summed E-state index contributed by atoms with van der Waals surface area (Å²) >= 11 is 3.39. The van der Waals surface area contributed by atoms with Crippen LogP contribution in [0.2, 0.25) is 0 Å². The minimum Gasteiger partial charge on any atom is -0.345 e. The molecule has 1 aromatic carbocycles. The number of carbonyl (C=O) groups is 2. The SMILES string of the molecule is CC(C(=O)N(C)CC(=O)NCc1nc(-c2cccc(Br)c2)no1)n1cccn1. The maximum atomic E-state index is 12.4. The van der Waals surface area contributed by atoms with E-state index in [1.165, 1.54) is 4.90 Å². The van der Waals surface area contributed by atoms with Gasteiger partial charge in [-0.15, -0.1) is 0 Å². The minimum absolute atomic E-state index is 0.0799. The highest BCUT2D eigenvalue weighted by Crippen LogP contribution is 2.20. The van der Waals surface area contributed by atoms with Crippen molar-refractivity contribution >= 4 is 27.7 Å². The number of halogens is 1. The molecular weight excluding hydrogens is 428 g/mol. The van der Waals surface area contributed by atoms with E-state index in [1.807, 2.05) is 24.3 Å². The van der Waals surface area contributed by atoms with Crippen LogP contribution in [0.5, 0.6) is 0 Å². The quantitative estimate of drug-likeness (QED) is 0.594. The fourth-order valence-corrected chi connectivity index (χ4v) is 2.94. The van der Waals surface area contributed by atoms with Crippen molar-refractivity contribution in [1.29, 1.82) is 0 Å². The molecule has 2 aromatic heterocycles. The molecule has 0 aliphatic heterocycles. The summed E-state index contributed by atoms with van der Waals surface area (Å²) < 4.78 is 7.61. The first kappa shape index (κ1) is 19.7. The number of hydrogen-bond acceptors (Lipinski definition) is 6. The smallest absolute Gasteiger partial charge is 0.247 e. The van der Waals surface area contributed by atoms with E-state index < -0.39 is 6.04 Å². The van der Waals surface area contributed by atoms with E-state index in [2.05, 4.69) is 36.5 Å². The van der Waals surface area contributed by atoms with Gasteiger partial charge in [-0.1, -0.05) is 33.2 Å². The number of rotatable bonds is 7. The lowest BCUT2D eigenvalue weighted by Crippen LogP contribution is -2.40. The summed E-state index contributed by atoms with van der Waals surface area (Å²) in [5, 5.41) is 10.6. The molecule has 10 heteroatoms. The fourth-order valence-electron chi connectivity index (χ4n) is 2.54. The number of carbonyl (C=O) groups excluding carboxylic acids is 2. The Hall–Kier alpha value is -3.01. The molecule has 1 N–H and O–H groups in total. The van der Waals surface area contributed by atoms with Gasteiger partial charge in [-0.3, -0.25) is 14.3 Å². The van der Waals surface area contributed by atoms with E-state index in [0.29, 0.717) is 5.82 Å². The van der Waals surface area contributed by atoms with Crippen molar-refractivity contribution in [2.24, 2.45) is 0 Å². The third-order valence-electron chi connectivity index (χ3n) is 4.02. The Morgan fingerprint density at radius 3 is 2.89 bits per heavy atom.